The van der Waals surface area contributed by atoms with Crippen molar-refractivity contribution in [2.24, 2.45) is 0 Å². The molecule has 2 bridgehead atoms. The lowest BCUT2D eigenvalue weighted by molar-refractivity contribution is 0.0522. The first-order chi connectivity index (χ1) is 20.5. The summed E-state index contributed by atoms with van der Waals surface area (Å²) in [5.41, 5.74) is 2.75. The van der Waals surface area contributed by atoms with Crippen LogP contribution in [0, 0.1) is 0 Å². The van der Waals surface area contributed by atoms with E-state index in [0.29, 0.717) is 25.2 Å². The molecular weight excluding hydrogens is 530 g/mol. The van der Waals surface area contributed by atoms with Crippen molar-refractivity contribution in [3.8, 4) is 22.9 Å². The molecule has 42 heavy (non-hydrogen) atoms. The maximum atomic E-state index is 10.5. The van der Waals surface area contributed by atoms with Crippen LogP contribution in [0.15, 0.2) is 54.6 Å². The van der Waals surface area contributed by atoms with Crippen LogP contribution in [0.4, 0.5) is 5.82 Å². The van der Waals surface area contributed by atoms with E-state index in [9.17, 15) is 15.3 Å². The number of aromatic hydroxyl groups is 1. The smallest absolute Gasteiger partial charge is 0.319 e. The van der Waals surface area contributed by atoms with Crippen LogP contribution in [-0.2, 0) is 0 Å². The van der Waals surface area contributed by atoms with Gasteiger partial charge in [-0.2, -0.15) is 9.97 Å². The number of piperazine rings is 1. The topological polar surface area (TPSA) is 105 Å². The average molecular weight is 570 g/mol. The fraction of sp³-hybridized carbons (Fsp3) is 0.455. The Morgan fingerprint density at radius 1 is 0.976 bits per heavy atom. The second kappa shape index (κ2) is 11.3. The lowest BCUT2D eigenvalue weighted by Crippen LogP contribution is -2.55. The zero-order valence-corrected chi connectivity index (χ0v) is 24.1. The van der Waals surface area contributed by atoms with E-state index in [2.05, 4.69) is 46.0 Å². The highest BCUT2D eigenvalue weighted by atomic mass is 16.5. The van der Waals surface area contributed by atoms with Crippen molar-refractivity contribution in [3.05, 3.63) is 54.6 Å². The van der Waals surface area contributed by atoms with Crippen molar-refractivity contribution in [2.75, 3.05) is 51.3 Å². The van der Waals surface area contributed by atoms with E-state index < -0.39 is 6.10 Å². The molecule has 9 nitrogen and oxygen atoms in total. The summed E-state index contributed by atoms with van der Waals surface area (Å²) >= 11 is 0. The molecule has 0 radical (unpaired) electrons. The molecule has 0 saturated carbocycles. The molecule has 3 aliphatic rings. The Morgan fingerprint density at radius 3 is 2.55 bits per heavy atom. The Balaban J connectivity index is 1.28. The number of nitrogens with zero attached hydrogens (tertiary/aromatic N) is 5. The molecule has 4 heterocycles. The maximum absolute atomic E-state index is 10.5. The highest BCUT2D eigenvalue weighted by Crippen LogP contribution is 2.40. The van der Waals surface area contributed by atoms with Crippen LogP contribution in [-0.4, -0.2) is 106 Å². The van der Waals surface area contributed by atoms with E-state index >= 15 is 0 Å². The van der Waals surface area contributed by atoms with Gasteiger partial charge in [-0.1, -0.05) is 30.3 Å². The van der Waals surface area contributed by atoms with Crippen LogP contribution in [0.2, 0.25) is 0 Å². The minimum Gasteiger partial charge on any atom is -0.508 e. The van der Waals surface area contributed by atoms with Gasteiger partial charge in [-0.25, -0.2) is 0 Å². The van der Waals surface area contributed by atoms with Crippen molar-refractivity contribution in [1.29, 1.82) is 0 Å². The number of aliphatic hydroxyl groups excluding tert-OH is 2. The Bertz CT molecular complexity index is 1580. The maximum Gasteiger partial charge on any atom is 0.319 e. The molecule has 4 unspecified atom stereocenters. The van der Waals surface area contributed by atoms with E-state index in [0.717, 1.165) is 77.5 Å². The first-order valence-corrected chi connectivity index (χ1v) is 15.1. The standard InChI is InChI=1S/C33H39N5O4/c1-36-12-4-6-25(36)20-42-33-34-31-14-22(30-15-26(40)13-21-5-2-3-7-28(21)30)8-11-29(31)32(35-33)38-23-9-10-24(38)17-37(16-23)18-27(41)19-39/h2-3,5,7-8,11,13-15,23-25,27,39-41H,4,6,9-10,12,16-20H2,1H3. The fourth-order valence-corrected chi connectivity index (χ4v) is 7.26. The molecule has 9 heteroatoms. The van der Waals surface area contributed by atoms with Gasteiger partial charge in [0.25, 0.3) is 0 Å². The first kappa shape index (κ1) is 27.3. The second-order valence-electron chi connectivity index (χ2n) is 12.2. The molecule has 3 saturated heterocycles. The zero-order chi connectivity index (χ0) is 28.8. The lowest BCUT2D eigenvalue weighted by Gasteiger charge is -2.42. The Hall–Kier alpha value is -3.50. The Labute approximate surface area is 246 Å². The number of hydrogen-bond acceptors (Lipinski definition) is 9. The van der Waals surface area contributed by atoms with E-state index in [4.69, 9.17) is 14.7 Å². The number of aliphatic hydroxyl groups is 2. The number of fused-ring (bicyclic) bond motifs is 4. The molecule has 1 aromatic heterocycles. The summed E-state index contributed by atoms with van der Waals surface area (Å²) in [6, 6.07) is 19.3. The van der Waals surface area contributed by atoms with Gasteiger partial charge in [-0.3, -0.25) is 4.90 Å². The SMILES string of the molecule is CN1CCCC1COc1nc(N2C3CCC2CN(CC(O)CO)C3)c2ccc(-c3cc(O)cc4ccccc34)cc2n1. The highest BCUT2D eigenvalue weighted by Gasteiger charge is 2.42. The monoisotopic (exact) mass is 569 g/mol. The molecule has 0 spiro atoms. The summed E-state index contributed by atoms with van der Waals surface area (Å²) in [5.74, 6) is 1.13. The van der Waals surface area contributed by atoms with Crippen molar-refractivity contribution < 1.29 is 20.1 Å². The van der Waals surface area contributed by atoms with Gasteiger partial charge < -0.3 is 29.9 Å². The molecule has 7 rings (SSSR count). The van der Waals surface area contributed by atoms with Crippen molar-refractivity contribution in [2.45, 2.75) is 49.9 Å². The minimum absolute atomic E-state index is 0.222. The third-order valence-electron chi connectivity index (χ3n) is 9.37. The van der Waals surface area contributed by atoms with Crippen LogP contribution < -0.4 is 9.64 Å². The number of rotatable bonds is 8. The van der Waals surface area contributed by atoms with E-state index in [1.165, 1.54) is 6.42 Å². The average Bonchev–Trinajstić information content (AvgIpc) is 3.53. The van der Waals surface area contributed by atoms with Gasteiger partial charge in [0, 0.05) is 43.1 Å². The largest absolute Gasteiger partial charge is 0.508 e. The first-order valence-electron chi connectivity index (χ1n) is 15.1. The number of phenols is 1. The molecule has 3 aromatic carbocycles. The predicted molar refractivity (Wildman–Crippen MR) is 164 cm³/mol. The molecule has 4 aromatic rings. The fourth-order valence-electron chi connectivity index (χ4n) is 7.26. The summed E-state index contributed by atoms with van der Waals surface area (Å²) in [7, 11) is 2.14. The number of aromatic nitrogens is 2. The van der Waals surface area contributed by atoms with Gasteiger partial charge in [0.15, 0.2) is 0 Å². The summed E-state index contributed by atoms with van der Waals surface area (Å²) in [4.78, 5) is 17.0. The van der Waals surface area contributed by atoms with Crippen LogP contribution in [0.1, 0.15) is 25.7 Å². The predicted octanol–water partition coefficient (Wildman–Crippen LogP) is 3.63. The number of hydrogen-bond donors (Lipinski definition) is 3. The summed E-state index contributed by atoms with van der Waals surface area (Å²) in [5, 5.41) is 33.0. The number of anilines is 1. The van der Waals surface area contributed by atoms with Crippen LogP contribution in [0.3, 0.4) is 0 Å². The Morgan fingerprint density at radius 2 is 1.79 bits per heavy atom. The van der Waals surface area contributed by atoms with E-state index in [-0.39, 0.29) is 24.4 Å². The summed E-state index contributed by atoms with van der Waals surface area (Å²) in [6.45, 7) is 3.52. The number of phenolic OH excluding ortho intramolecular Hbond substituents is 1. The Kier molecular flexibility index (Phi) is 7.35. The van der Waals surface area contributed by atoms with Crippen LogP contribution in [0.5, 0.6) is 11.8 Å². The van der Waals surface area contributed by atoms with E-state index in [1.807, 2.05) is 24.3 Å². The summed E-state index contributed by atoms with van der Waals surface area (Å²) < 4.78 is 6.31. The zero-order valence-electron chi connectivity index (χ0n) is 24.1. The van der Waals surface area contributed by atoms with Crippen molar-refractivity contribution in [1.82, 2.24) is 19.8 Å². The molecular formula is C33H39N5O4. The van der Waals surface area contributed by atoms with Gasteiger partial charge in [0.2, 0.25) is 0 Å². The lowest BCUT2D eigenvalue weighted by atomic mass is 9.97. The van der Waals surface area contributed by atoms with E-state index in [1.54, 1.807) is 6.07 Å². The van der Waals surface area contributed by atoms with Gasteiger partial charge in [0.05, 0.1) is 18.2 Å². The molecule has 3 fully saturated rings. The number of likely N-dealkylation sites (N-methyl/N-ethyl adjacent to an activating group) is 1. The van der Waals surface area contributed by atoms with Crippen molar-refractivity contribution in [3.63, 3.8) is 0 Å². The normalized spacial score (nSPS) is 23.7. The van der Waals surface area contributed by atoms with Crippen LogP contribution in [0.25, 0.3) is 32.8 Å². The minimum atomic E-state index is -0.725. The van der Waals surface area contributed by atoms with Gasteiger partial charge in [-0.05, 0) is 85.4 Å². The van der Waals surface area contributed by atoms with Gasteiger partial charge >= 0.3 is 6.01 Å². The second-order valence-corrected chi connectivity index (χ2v) is 12.2. The van der Waals surface area contributed by atoms with Gasteiger partial charge in [-0.15, -0.1) is 0 Å². The molecule has 220 valence electrons. The van der Waals surface area contributed by atoms with Crippen molar-refractivity contribution >= 4 is 27.5 Å². The summed E-state index contributed by atoms with van der Waals surface area (Å²) in [6.07, 6.45) is 3.67. The van der Waals surface area contributed by atoms with Crippen LogP contribution >= 0.6 is 0 Å². The van der Waals surface area contributed by atoms with Gasteiger partial charge in [0.1, 0.15) is 18.2 Å². The third-order valence-corrected chi connectivity index (χ3v) is 9.37. The quantitative estimate of drug-likeness (QED) is 0.293. The molecule has 4 atom stereocenters. The molecule has 0 amide bonds. The third kappa shape index (κ3) is 5.15. The molecule has 3 aliphatic heterocycles. The number of likely N-dealkylation sites (tertiary alicyclic amines) is 2. The number of β-amino-alcohol motifs (C(OH)–C–C–N with tert-alkyl or cyclic N) is 1. The molecule has 0 aliphatic carbocycles. The number of benzene rings is 3. The highest BCUT2D eigenvalue weighted by molar-refractivity contribution is 6.01. The molecule has 3 N–H and O–H groups in total. The number of ether oxygens (including phenoxy) is 1.